The lowest BCUT2D eigenvalue weighted by molar-refractivity contribution is 0.0988. The molecule has 0 atom stereocenters. The Labute approximate surface area is 111 Å². The van der Waals surface area contributed by atoms with Gasteiger partial charge >= 0.3 is 0 Å². The van der Waals surface area contributed by atoms with Crippen LogP contribution >= 0.6 is 0 Å². The average molecular weight is 254 g/mol. The maximum Gasteiger partial charge on any atom is 0.163 e. The lowest BCUT2D eigenvalue weighted by atomic mass is 9.97. The van der Waals surface area contributed by atoms with Crippen LogP contribution in [-0.2, 0) is 0 Å². The highest BCUT2D eigenvalue weighted by Crippen LogP contribution is 2.16. The van der Waals surface area contributed by atoms with Gasteiger partial charge in [-0.25, -0.2) is 0 Å². The fourth-order valence-electron chi connectivity index (χ4n) is 1.87. The SMILES string of the molecule is CCC(=O)c1ccccc1C(=NO)c1ccccn1. The molecule has 0 amide bonds. The zero-order chi connectivity index (χ0) is 13.7. The molecule has 0 spiro atoms. The summed E-state index contributed by atoms with van der Waals surface area (Å²) in [6.07, 6.45) is 2.02. The van der Waals surface area contributed by atoms with Gasteiger partial charge < -0.3 is 5.21 Å². The Morgan fingerprint density at radius 2 is 1.84 bits per heavy atom. The second kappa shape index (κ2) is 5.91. The smallest absolute Gasteiger partial charge is 0.163 e. The Morgan fingerprint density at radius 3 is 2.42 bits per heavy atom. The van der Waals surface area contributed by atoms with E-state index in [4.69, 9.17) is 0 Å². The first-order valence-electron chi connectivity index (χ1n) is 6.04. The van der Waals surface area contributed by atoms with E-state index in [0.29, 0.717) is 29.0 Å². The molecule has 1 aromatic carbocycles. The third-order valence-corrected chi connectivity index (χ3v) is 2.81. The van der Waals surface area contributed by atoms with Gasteiger partial charge in [0.2, 0.25) is 0 Å². The van der Waals surface area contributed by atoms with Gasteiger partial charge in [0.25, 0.3) is 0 Å². The van der Waals surface area contributed by atoms with E-state index in [9.17, 15) is 10.0 Å². The Morgan fingerprint density at radius 1 is 1.16 bits per heavy atom. The van der Waals surface area contributed by atoms with Gasteiger partial charge in [0.05, 0.1) is 5.69 Å². The van der Waals surface area contributed by atoms with Gasteiger partial charge in [0.1, 0.15) is 5.71 Å². The molecular weight excluding hydrogens is 240 g/mol. The van der Waals surface area contributed by atoms with Gasteiger partial charge in [-0.2, -0.15) is 0 Å². The third-order valence-electron chi connectivity index (χ3n) is 2.81. The van der Waals surface area contributed by atoms with Gasteiger partial charge in [-0.3, -0.25) is 9.78 Å². The molecule has 0 bridgehead atoms. The number of ketones is 1. The summed E-state index contributed by atoms with van der Waals surface area (Å²) < 4.78 is 0. The van der Waals surface area contributed by atoms with Crippen LogP contribution in [-0.4, -0.2) is 21.7 Å². The summed E-state index contributed by atoms with van der Waals surface area (Å²) in [4.78, 5) is 16.1. The molecule has 0 aliphatic rings. The van der Waals surface area contributed by atoms with E-state index in [1.165, 1.54) is 0 Å². The molecule has 0 saturated heterocycles. The van der Waals surface area contributed by atoms with Crippen molar-refractivity contribution < 1.29 is 10.0 Å². The van der Waals surface area contributed by atoms with Gasteiger partial charge in [-0.05, 0) is 12.1 Å². The number of carbonyl (C=O) groups is 1. The maximum absolute atomic E-state index is 11.9. The van der Waals surface area contributed by atoms with Gasteiger partial charge in [-0.15, -0.1) is 0 Å². The predicted octanol–water partition coefficient (Wildman–Crippen LogP) is 2.90. The molecule has 1 aromatic heterocycles. The molecule has 0 unspecified atom stereocenters. The summed E-state index contributed by atoms with van der Waals surface area (Å²) in [5.74, 6) is 0.00711. The summed E-state index contributed by atoms with van der Waals surface area (Å²) in [5.41, 5.74) is 1.97. The number of carbonyl (C=O) groups excluding carboxylic acids is 1. The maximum atomic E-state index is 11.9. The van der Waals surface area contributed by atoms with Gasteiger partial charge in [-0.1, -0.05) is 42.4 Å². The van der Waals surface area contributed by atoms with Crippen LogP contribution in [0.1, 0.15) is 35.0 Å². The predicted molar refractivity (Wildman–Crippen MR) is 72.7 cm³/mol. The van der Waals surface area contributed by atoms with Crippen molar-refractivity contribution >= 4 is 11.5 Å². The van der Waals surface area contributed by atoms with Crippen LogP contribution in [0.4, 0.5) is 0 Å². The van der Waals surface area contributed by atoms with Crippen LogP contribution < -0.4 is 0 Å². The molecule has 0 saturated carbocycles. The molecule has 2 rings (SSSR count). The van der Waals surface area contributed by atoms with E-state index in [0.717, 1.165) is 0 Å². The Balaban J connectivity index is 2.55. The largest absolute Gasteiger partial charge is 0.410 e. The molecule has 1 heterocycles. The number of Topliss-reactive ketones (excluding diaryl/α,β-unsaturated/α-hetero) is 1. The number of aromatic nitrogens is 1. The van der Waals surface area contributed by atoms with Gasteiger partial charge in [0, 0.05) is 23.7 Å². The summed E-state index contributed by atoms with van der Waals surface area (Å²) in [5, 5.41) is 12.6. The summed E-state index contributed by atoms with van der Waals surface area (Å²) in [6.45, 7) is 1.80. The van der Waals surface area contributed by atoms with Crippen molar-refractivity contribution in [2.45, 2.75) is 13.3 Å². The number of nitrogens with zero attached hydrogens (tertiary/aromatic N) is 2. The highest BCUT2D eigenvalue weighted by Gasteiger charge is 2.16. The minimum atomic E-state index is 0.00711. The third kappa shape index (κ3) is 2.68. The lowest BCUT2D eigenvalue weighted by Gasteiger charge is -2.08. The molecule has 1 N–H and O–H groups in total. The Hall–Kier alpha value is -2.49. The highest BCUT2D eigenvalue weighted by atomic mass is 16.4. The summed E-state index contributed by atoms with van der Waals surface area (Å²) >= 11 is 0. The van der Waals surface area contributed by atoms with Crippen LogP contribution in [0, 0.1) is 0 Å². The van der Waals surface area contributed by atoms with Crippen LogP contribution in [0.15, 0.2) is 53.8 Å². The van der Waals surface area contributed by atoms with Crippen LogP contribution in [0.2, 0.25) is 0 Å². The highest BCUT2D eigenvalue weighted by molar-refractivity contribution is 6.17. The molecule has 0 radical (unpaired) electrons. The molecule has 0 aliphatic carbocycles. The summed E-state index contributed by atoms with van der Waals surface area (Å²) in [7, 11) is 0. The fraction of sp³-hybridized carbons (Fsp3) is 0.133. The van der Waals surface area contributed by atoms with Crippen LogP contribution in [0.5, 0.6) is 0 Å². The monoisotopic (exact) mass is 254 g/mol. The molecule has 0 fully saturated rings. The quantitative estimate of drug-likeness (QED) is 0.395. The second-order valence-electron chi connectivity index (χ2n) is 3.99. The number of pyridine rings is 1. The Bertz CT molecular complexity index is 607. The summed E-state index contributed by atoms with van der Waals surface area (Å²) in [6, 6.07) is 12.4. The Kier molecular flexibility index (Phi) is 4.03. The van der Waals surface area contributed by atoms with Crippen molar-refractivity contribution in [3.8, 4) is 0 Å². The molecule has 4 nitrogen and oxygen atoms in total. The molecule has 19 heavy (non-hydrogen) atoms. The van der Waals surface area contributed by atoms with Crippen molar-refractivity contribution in [1.29, 1.82) is 0 Å². The van der Waals surface area contributed by atoms with Crippen LogP contribution in [0.3, 0.4) is 0 Å². The standard InChI is InChI=1S/C15H14N2O2/c1-2-14(18)11-7-3-4-8-12(11)15(17-19)13-9-5-6-10-16-13/h3-10,19H,2H2,1H3. The van der Waals surface area contributed by atoms with E-state index in [2.05, 4.69) is 10.1 Å². The zero-order valence-corrected chi connectivity index (χ0v) is 10.6. The van der Waals surface area contributed by atoms with Crippen molar-refractivity contribution in [2.24, 2.45) is 5.16 Å². The normalized spacial score (nSPS) is 11.3. The van der Waals surface area contributed by atoms with Crippen molar-refractivity contribution in [2.75, 3.05) is 0 Å². The topological polar surface area (TPSA) is 62.5 Å². The van der Waals surface area contributed by atoms with E-state index in [1.807, 2.05) is 0 Å². The zero-order valence-electron chi connectivity index (χ0n) is 10.6. The second-order valence-corrected chi connectivity index (χ2v) is 3.99. The molecule has 96 valence electrons. The van der Waals surface area contributed by atoms with E-state index in [1.54, 1.807) is 55.6 Å². The minimum Gasteiger partial charge on any atom is -0.410 e. The fourth-order valence-corrected chi connectivity index (χ4v) is 1.87. The number of oxime groups is 1. The first kappa shape index (κ1) is 13.0. The first-order chi connectivity index (χ1) is 9.27. The van der Waals surface area contributed by atoms with Crippen molar-refractivity contribution in [1.82, 2.24) is 4.98 Å². The van der Waals surface area contributed by atoms with E-state index >= 15 is 0 Å². The number of benzene rings is 1. The minimum absolute atomic E-state index is 0.00711. The molecule has 0 aliphatic heterocycles. The molecule has 4 heteroatoms. The van der Waals surface area contributed by atoms with Gasteiger partial charge in [0.15, 0.2) is 5.78 Å². The van der Waals surface area contributed by atoms with E-state index < -0.39 is 0 Å². The van der Waals surface area contributed by atoms with E-state index in [-0.39, 0.29) is 5.78 Å². The van der Waals surface area contributed by atoms with Crippen molar-refractivity contribution in [3.05, 3.63) is 65.5 Å². The molecular formula is C15H14N2O2. The number of rotatable bonds is 4. The first-order valence-corrected chi connectivity index (χ1v) is 6.04. The number of hydrogen-bond donors (Lipinski definition) is 1. The van der Waals surface area contributed by atoms with Crippen molar-refractivity contribution in [3.63, 3.8) is 0 Å². The van der Waals surface area contributed by atoms with Crippen LogP contribution in [0.25, 0.3) is 0 Å². The molecule has 2 aromatic rings. The lowest BCUT2D eigenvalue weighted by Crippen LogP contribution is -2.11. The number of hydrogen-bond acceptors (Lipinski definition) is 4. The average Bonchev–Trinajstić information content (AvgIpc) is 2.49.